The van der Waals surface area contributed by atoms with Gasteiger partial charge in [0.1, 0.15) is 5.82 Å². The third-order valence-corrected chi connectivity index (χ3v) is 2.54. The minimum atomic E-state index is 0.0426. The van der Waals surface area contributed by atoms with Crippen molar-refractivity contribution in [2.45, 2.75) is 52.4 Å². The lowest BCUT2D eigenvalue weighted by molar-refractivity contribution is 0.530. The Balaban J connectivity index is 3.48. The van der Waals surface area contributed by atoms with Crippen molar-refractivity contribution in [2.24, 2.45) is 0 Å². The molecule has 0 saturated heterocycles. The van der Waals surface area contributed by atoms with E-state index in [1.807, 2.05) is 0 Å². The van der Waals surface area contributed by atoms with Gasteiger partial charge in [0.15, 0.2) is 0 Å². The summed E-state index contributed by atoms with van der Waals surface area (Å²) in [6, 6.07) is 2.08. The molecule has 2 N–H and O–H groups in total. The number of nitrogens with zero attached hydrogens (tertiary/aromatic N) is 1. The number of nitrogens with two attached hydrogens (primary N) is 1. The number of pyridine rings is 1. The summed E-state index contributed by atoms with van der Waals surface area (Å²) in [7, 11) is 0. The van der Waals surface area contributed by atoms with Crippen LogP contribution in [0.4, 0.5) is 5.82 Å². The highest BCUT2D eigenvalue weighted by Gasteiger charge is 2.27. The summed E-state index contributed by atoms with van der Waals surface area (Å²) >= 11 is 0. The van der Waals surface area contributed by atoms with Gasteiger partial charge < -0.3 is 5.73 Å². The molecule has 0 aliphatic carbocycles. The first-order valence-corrected chi connectivity index (χ1v) is 5.39. The zero-order chi connectivity index (χ0) is 11.9. The van der Waals surface area contributed by atoms with E-state index in [-0.39, 0.29) is 10.8 Å². The summed E-state index contributed by atoms with van der Waals surface area (Å²) < 4.78 is 0. The Morgan fingerprint density at radius 2 is 1.53 bits per heavy atom. The Labute approximate surface area is 92.9 Å². The van der Waals surface area contributed by atoms with Crippen molar-refractivity contribution in [1.82, 2.24) is 4.98 Å². The molecule has 0 spiro atoms. The van der Waals surface area contributed by atoms with Gasteiger partial charge in [-0.2, -0.15) is 0 Å². The predicted molar refractivity (Wildman–Crippen MR) is 66.0 cm³/mol. The van der Waals surface area contributed by atoms with Gasteiger partial charge in [-0.05, 0) is 22.5 Å². The van der Waals surface area contributed by atoms with Crippen LogP contribution >= 0.6 is 0 Å². The molecular weight excluding hydrogens is 184 g/mol. The van der Waals surface area contributed by atoms with E-state index in [9.17, 15) is 0 Å². The van der Waals surface area contributed by atoms with Crippen LogP contribution in [-0.2, 0) is 10.8 Å². The second-order valence-corrected chi connectivity index (χ2v) is 6.12. The molecule has 0 aromatic carbocycles. The van der Waals surface area contributed by atoms with E-state index in [1.165, 1.54) is 11.1 Å². The Morgan fingerprint density at radius 1 is 1.00 bits per heavy atom. The van der Waals surface area contributed by atoms with Gasteiger partial charge >= 0.3 is 0 Å². The monoisotopic (exact) mass is 206 g/mol. The van der Waals surface area contributed by atoms with Crippen LogP contribution in [0, 0.1) is 0 Å². The lowest BCUT2D eigenvalue weighted by Gasteiger charge is -2.30. The number of rotatable bonds is 0. The van der Waals surface area contributed by atoms with Crippen molar-refractivity contribution in [3.05, 3.63) is 23.4 Å². The fourth-order valence-electron chi connectivity index (χ4n) is 1.89. The summed E-state index contributed by atoms with van der Waals surface area (Å²) in [5, 5.41) is 0. The van der Waals surface area contributed by atoms with Crippen LogP contribution in [0.15, 0.2) is 12.3 Å². The molecule has 0 saturated carbocycles. The van der Waals surface area contributed by atoms with E-state index in [2.05, 4.69) is 52.6 Å². The van der Waals surface area contributed by atoms with Crippen molar-refractivity contribution >= 4 is 5.82 Å². The van der Waals surface area contributed by atoms with Crippen LogP contribution < -0.4 is 5.73 Å². The van der Waals surface area contributed by atoms with Crippen molar-refractivity contribution in [3.63, 3.8) is 0 Å². The average molecular weight is 206 g/mol. The summed E-state index contributed by atoms with van der Waals surface area (Å²) in [6.07, 6.45) is 1.80. The van der Waals surface area contributed by atoms with Crippen LogP contribution in [0.25, 0.3) is 0 Å². The van der Waals surface area contributed by atoms with Gasteiger partial charge in [-0.15, -0.1) is 0 Å². The lowest BCUT2D eigenvalue weighted by Crippen LogP contribution is -2.24. The molecule has 0 radical (unpaired) electrons. The topological polar surface area (TPSA) is 38.9 Å². The van der Waals surface area contributed by atoms with Gasteiger partial charge in [-0.25, -0.2) is 4.98 Å². The molecule has 0 amide bonds. The maximum atomic E-state index is 5.99. The Morgan fingerprint density at radius 3 is 1.87 bits per heavy atom. The van der Waals surface area contributed by atoms with Gasteiger partial charge in [0, 0.05) is 11.8 Å². The summed E-state index contributed by atoms with van der Waals surface area (Å²) in [6.45, 7) is 13.1. The van der Waals surface area contributed by atoms with Gasteiger partial charge in [-0.1, -0.05) is 41.5 Å². The normalized spacial score (nSPS) is 12.9. The third-order valence-electron chi connectivity index (χ3n) is 2.54. The van der Waals surface area contributed by atoms with Crippen molar-refractivity contribution in [2.75, 3.05) is 5.73 Å². The van der Waals surface area contributed by atoms with E-state index in [4.69, 9.17) is 5.73 Å². The van der Waals surface area contributed by atoms with Crippen molar-refractivity contribution < 1.29 is 0 Å². The molecule has 1 aromatic rings. The minimum Gasteiger partial charge on any atom is -0.383 e. The van der Waals surface area contributed by atoms with Crippen LogP contribution in [0.3, 0.4) is 0 Å². The van der Waals surface area contributed by atoms with Crippen LogP contribution in [0.2, 0.25) is 0 Å². The molecule has 1 rings (SSSR count). The highest BCUT2D eigenvalue weighted by molar-refractivity contribution is 5.50. The first kappa shape index (κ1) is 12.0. The first-order chi connectivity index (χ1) is 6.64. The number of hydrogen-bond donors (Lipinski definition) is 1. The van der Waals surface area contributed by atoms with Gasteiger partial charge in [-0.3, -0.25) is 0 Å². The van der Waals surface area contributed by atoms with E-state index < -0.39 is 0 Å². The maximum absolute atomic E-state index is 5.99. The molecule has 0 atom stereocenters. The second kappa shape index (κ2) is 3.51. The molecule has 2 nitrogen and oxygen atoms in total. The molecule has 0 fully saturated rings. The number of anilines is 1. The Bertz CT molecular complexity index is 354. The van der Waals surface area contributed by atoms with Crippen LogP contribution in [0.5, 0.6) is 0 Å². The first-order valence-electron chi connectivity index (χ1n) is 5.39. The lowest BCUT2D eigenvalue weighted by atomic mass is 9.76. The molecule has 1 heterocycles. The fraction of sp³-hybridized carbons (Fsp3) is 0.615. The molecule has 0 bridgehead atoms. The van der Waals surface area contributed by atoms with Gasteiger partial charge in [0.25, 0.3) is 0 Å². The smallest absolute Gasteiger partial charge is 0.127 e. The van der Waals surface area contributed by atoms with Gasteiger partial charge in [0.05, 0.1) is 0 Å². The highest BCUT2D eigenvalue weighted by atomic mass is 14.8. The molecule has 0 aliphatic rings. The third kappa shape index (κ3) is 2.49. The molecule has 1 aromatic heterocycles. The Hall–Kier alpha value is -1.05. The average Bonchev–Trinajstić information content (AvgIpc) is 1.99. The van der Waals surface area contributed by atoms with Crippen LogP contribution in [0.1, 0.15) is 52.7 Å². The standard InChI is InChI=1S/C13H22N2/c1-12(2,3)9-7-8-15-11(14)10(9)13(4,5)6/h7-8H,1-6H3,(H2,14,15). The highest BCUT2D eigenvalue weighted by Crippen LogP contribution is 2.36. The maximum Gasteiger partial charge on any atom is 0.127 e. The van der Waals surface area contributed by atoms with E-state index in [0.717, 1.165) is 0 Å². The number of nitrogen functional groups attached to an aromatic ring is 1. The summed E-state index contributed by atoms with van der Waals surface area (Å²) in [5.41, 5.74) is 8.62. The fourth-order valence-corrected chi connectivity index (χ4v) is 1.89. The SMILES string of the molecule is CC(C)(C)c1ccnc(N)c1C(C)(C)C. The van der Waals surface area contributed by atoms with E-state index in [1.54, 1.807) is 6.20 Å². The molecule has 0 aliphatic heterocycles. The molecule has 2 heteroatoms. The quantitative estimate of drug-likeness (QED) is 0.707. The molecular formula is C13H22N2. The van der Waals surface area contributed by atoms with Crippen molar-refractivity contribution in [1.29, 1.82) is 0 Å². The number of aromatic nitrogens is 1. The summed E-state index contributed by atoms with van der Waals surface area (Å²) in [4.78, 5) is 4.20. The molecule has 0 unspecified atom stereocenters. The van der Waals surface area contributed by atoms with Crippen molar-refractivity contribution in [3.8, 4) is 0 Å². The second-order valence-electron chi connectivity index (χ2n) is 6.12. The predicted octanol–water partition coefficient (Wildman–Crippen LogP) is 3.26. The number of hydrogen-bond acceptors (Lipinski definition) is 2. The van der Waals surface area contributed by atoms with Gasteiger partial charge in [0.2, 0.25) is 0 Å². The van der Waals surface area contributed by atoms with Crippen LogP contribution in [-0.4, -0.2) is 4.98 Å². The molecule has 15 heavy (non-hydrogen) atoms. The van der Waals surface area contributed by atoms with E-state index >= 15 is 0 Å². The summed E-state index contributed by atoms with van der Waals surface area (Å²) in [5.74, 6) is 0.662. The Kier molecular flexibility index (Phi) is 2.81. The van der Waals surface area contributed by atoms with E-state index in [0.29, 0.717) is 5.82 Å². The largest absolute Gasteiger partial charge is 0.383 e. The zero-order valence-corrected chi connectivity index (χ0v) is 10.7. The molecule has 84 valence electrons. The minimum absolute atomic E-state index is 0.0426. The zero-order valence-electron chi connectivity index (χ0n) is 10.7.